The van der Waals surface area contributed by atoms with Crippen molar-refractivity contribution in [1.29, 1.82) is 0 Å². The van der Waals surface area contributed by atoms with Crippen LogP contribution in [0.2, 0.25) is 0 Å². The SMILES string of the molecule is CCN(CC)C(=O)CN(C)C(=O)CCCc1nc(-c2ccc(OC)cc2)no1. The van der Waals surface area contributed by atoms with E-state index in [1.54, 1.807) is 19.1 Å². The zero-order chi connectivity index (χ0) is 20.5. The first kappa shape index (κ1) is 21.4. The number of methoxy groups -OCH3 is 1. The molecule has 0 aliphatic rings. The minimum Gasteiger partial charge on any atom is -0.497 e. The Hall–Kier alpha value is -2.90. The second kappa shape index (κ2) is 10.4. The Balaban J connectivity index is 1.80. The highest BCUT2D eigenvalue weighted by atomic mass is 16.5. The molecule has 2 rings (SSSR count). The van der Waals surface area contributed by atoms with Gasteiger partial charge >= 0.3 is 0 Å². The van der Waals surface area contributed by atoms with E-state index in [1.165, 1.54) is 4.90 Å². The number of rotatable bonds is 10. The summed E-state index contributed by atoms with van der Waals surface area (Å²) in [6, 6.07) is 7.39. The number of hydrogen-bond acceptors (Lipinski definition) is 6. The lowest BCUT2D eigenvalue weighted by molar-refractivity contribution is -0.139. The largest absolute Gasteiger partial charge is 0.497 e. The molecule has 0 spiro atoms. The summed E-state index contributed by atoms with van der Waals surface area (Å²) in [4.78, 5) is 31.9. The minimum atomic E-state index is -0.0737. The highest BCUT2D eigenvalue weighted by Crippen LogP contribution is 2.20. The van der Waals surface area contributed by atoms with Crippen molar-refractivity contribution in [3.63, 3.8) is 0 Å². The van der Waals surface area contributed by atoms with Crippen LogP contribution in [0.5, 0.6) is 5.75 Å². The Kier molecular flexibility index (Phi) is 7.98. The smallest absolute Gasteiger partial charge is 0.242 e. The number of hydrogen-bond donors (Lipinski definition) is 0. The van der Waals surface area contributed by atoms with E-state index in [4.69, 9.17) is 9.26 Å². The van der Waals surface area contributed by atoms with E-state index in [9.17, 15) is 9.59 Å². The molecule has 0 N–H and O–H groups in total. The number of benzene rings is 1. The minimum absolute atomic E-state index is 0.0399. The van der Waals surface area contributed by atoms with E-state index in [-0.39, 0.29) is 18.4 Å². The van der Waals surface area contributed by atoms with Crippen LogP contribution in [0, 0.1) is 0 Å². The van der Waals surface area contributed by atoms with Crippen LogP contribution in [0.25, 0.3) is 11.4 Å². The number of carbonyl (C=O) groups excluding carboxylic acids is 2. The van der Waals surface area contributed by atoms with Crippen molar-refractivity contribution in [2.24, 2.45) is 0 Å². The predicted octanol–water partition coefficient (Wildman–Crippen LogP) is 2.39. The second-order valence-corrected chi connectivity index (χ2v) is 6.41. The Labute approximate surface area is 165 Å². The maximum absolute atomic E-state index is 12.2. The molecule has 28 heavy (non-hydrogen) atoms. The number of amides is 2. The maximum atomic E-state index is 12.2. The molecule has 2 amide bonds. The molecule has 1 aromatic carbocycles. The first-order valence-corrected chi connectivity index (χ1v) is 9.47. The molecule has 0 saturated heterocycles. The average molecular weight is 388 g/mol. The highest BCUT2D eigenvalue weighted by molar-refractivity contribution is 5.84. The molecular formula is C20H28N4O4. The molecule has 0 unspecified atom stereocenters. The third-order valence-electron chi connectivity index (χ3n) is 4.51. The first-order chi connectivity index (χ1) is 13.5. The van der Waals surface area contributed by atoms with E-state index >= 15 is 0 Å². The van der Waals surface area contributed by atoms with Crippen molar-refractivity contribution >= 4 is 11.8 Å². The Morgan fingerprint density at radius 2 is 1.79 bits per heavy atom. The number of aromatic nitrogens is 2. The van der Waals surface area contributed by atoms with Gasteiger partial charge in [-0.1, -0.05) is 5.16 Å². The van der Waals surface area contributed by atoms with Gasteiger partial charge in [0.05, 0.1) is 13.7 Å². The molecule has 8 heteroatoms. The number of nitrogens with zero attached hydrogens (tertiary/aromatic N) is 4. The van der Waals surface area contributed by atoms with E-state index < -0.39 is 0 Å². The van der Waals surface area contributed by atoms with Gasteiger partial charge in [-0.2, -0.15) is 4.98 Å². The van der Waals surface area contributed by atoms with Gasteiger partial charge in [-0.25, -0.2) is 0 Å². The van der Waals surface area contributed by atoms with Crippen LogP contribution in [-0.4, -0.2) is 65.5 Å². The van der Waals surface area contributed by atoms with Crippen LogP contribution in [-0.2, 0) is 16.0 Å². The molecule has 0 aliphatic heterocycles. The van der Waals surface area contributed by atoms with Crippen LogP contribution in [0.15, 0.2) is 28.8 Å². The summed E-state index contributed by atoms with van der Waals surface area (Å²) < 4.78 is 10.4. The van der Waals surface area contributed by atoms with E-state index in [2.05, 4.69) is 10.1 Å². The van der Waals surface area contributed by atoms with Gasteiger partial charge in [0.25, 0.3) is 0 Å². The lowest BCUT2D eigenvalue weighted by Crippen LogP contribution is -2.40. The number of ether oxygens (including phenoxy) is 1. The van der Waals surface area contributed by atoms with Crippen molar-refractivity contribution < 1.29 is 18.8 Å². The second-order valence-electron chi connectivity index (χ2n) is 6.41. The van der Waals surface area contributed by atoms with Crippen LogP contribution in [0.4, 0.5) is 0 Å². The lowest BCUT2D eigenvalue weighted by Gasteiger charge is -2.23. The summed E-state index contributed by atoms with van der Waals surface area (Å²) in [6.07, 6.45) is 1.40. The summed E-state index contributed by atoms with van der Waals surface area (Å²) in [6.45, 7) is 5.24. The molecule has 2 aromatic rings. The molecule has 1 heterocycles. The van der Waals surface area contributed by atoms with Gasteiger partial charge in [0.1, 0.15) is 5.75 Å². The average Bonchev–Trinajstić information content (AvgIpc) is 3.17. The van der Waals surface area contributed by atoms with Crippen molar-refractivity contribution in [2.45, 2.75) is 33.1 Å². The van der Waals surface area contributed by atoms with Crippen molar-refractivity contribution in [2.75, 3.05) is 33.8 Å². The Morgan fingerprint density at radius 3 is 2.39 bits per heavy atom. The summed E-state index contributed by atoms with van der Waals surface area (Å²) in [5.41, 5.74) is 0.835. The summed E-state index contributed by atoms with van der Waals surface area (Å²) in [7, 11) is 3.26. The number of aryl methyl sites for hydroxylation is 1. The predicted molar refractivity (Wildman–Crippen MR) is 105 cm³/mol. The van der Waals surface area contributed by atoms with Crippen molar-refractivity contribution in [3.8, 4) is 17.1 Å². The van der Waals surface area contributed by atoms with Crippen LogP contribution < -0.4 is 4.74 Å². The van der Waals surface area contributed by atoms with Gasteiger partial charge in [0, 0.05) is 38.5 Å². The molecule has 0 radical (unpaired) electrons. The zero-order valence-electron chi connectivity index (χ0n) is 17.0. The van der Waals surface area contributed by atoms with E-state index in [1.807, 2.05) is 38.1 Å². The number of carbonyl (C=O) groups is 2. The molecule has 152 valence electrons. The quantitative estimate of drug-likeness (QED) is 0.621. The summed E-state index contributed by atoms with van der Waals surface area (Å²) in [5, 5.41) is 3.98. The molecule has 8 nitrogen and oxygen atoms in total. The van der Waals surface area contributed by atoms with Gasteiger partial charge in [-0.3, -0.25) is 9.59 Å². The molecule has 0 atom stereocenters. The molecule has 0 bridgehead atoms. The van der Waals surface area contributed by atoms with Crippen molar-refractivity contribution in [1.82, 2.24) is 19.9 Å². The fraction of sp³-hybridized carbons (Fsp3) is 0.500. The summed E-state index contributed by atoms with van der Waals surface area (Å²) >= 11 is 0. The van der Waals surface area contributed by atoms with Gasteiger partial charge in [0.2, 0.25) is 23.5 Å². The summed E-state index contributed by atoms with van der Waals surface area (Å²) in [5.74, 6) is 1.64. The highest BCUT2D eigenvalue weighted by Gasteiger charge is 2.17. The van der Waals surface area contributed by atoms with Crippen LogP contribution >= 0.6 is 0 Å². The molecule has 0 aliphatic carbocycles. The topological polar surface area (TPSA) is 88.8 Å². The van der Waals surface area contributed by atoms with E-state index in [0.29, 0.717) is 44.1 Å². The van der Waals surface area contributed by atoms with Gasteiger partial charge in [-0.05, 0) is 44.5 Å². The Morgan fingerprint density at radius 1 is 1.11 bits per heavy atom. The third-order valence-corrected chi connectivity index (χ3v) is 4.51. The zero-order valence-corrected chi connectivity index (χ0v) is 17.0. The lowest BCUT2D eigenvalue weighted by atomic mass is 10.2. The van der Waals surface area contributed by atoms with Crippen molar-refractivity contribution in [3.05, 3.63) is 30.2 Å². The van der Waals surface area contributed by atoms with E-state index in [0.717, 1.165) is 11.3 Å². The molecule has 1 aromatic heterocycles. The Bertz CT molecular complexity index is 769. The van der Waals surface area contributed by atoms with Gasteiger partial charge < -0.3 is 19.1 Å². The fourth-order valence-corrected chi connectivity index (χ4v) is 2.76. The van der Waals surface area contributed by atoms with Gasteiger partial charge in [0.15, 0.2) is 0 Å². The standard InChI is InChI=1S/C20H28N4O4/c1-5-24(6-2)19(26)14-23(3)18(25)9-7-8-17-21-20(22-28-17)15-10-12-16(27-4)13-11-15/h10-13H,5-9,14H2,1-4H3. The number of likely N-dealkylation sites (N-methyl/N-ethyl adjacent to an activating group) is 2. The molecule has 0 fully saturated rings. The van der Waals surface area contributed by atoms with Crippen LogP contribution in [0.1, 0.15) is 32.6 Å². The van der Waals surface area contributed by atoms with Gasteiger partial charge in [-0.15, -0.1) is 0 Å². The van der Waals surface area contributed by atoms with Crippen LogP contribution in [0.3, 0.4) is 0 Å². The third kappa shape index (κ3) is 5.80. The maximum Gasteiger partial charge on any atom is 0.242 e. The molecule has 0 saturated carbocycles. The monoisotopic (exact) mass is 388 g/mol. The fourth-order valence-electron chi connectivity index (χ4n) is 2.76. The normalized spacial score (nSPS) is 10.6. The molecular weight excluding hydrogens is 360 g/mol. The first-order valence-electron chi connectivity index (χ1n) is 9.47.